The molecule has 0 unspecified atom stereocenters. The van der Waals surface area contributed by atoms with Crippen molar-refractivity contribution < 1.29 is 4.79 Å². The van der Waals surface area contributed by atoms with Crippen LogP contribution in [0.3, 0.4) is 0 Å². The maximum absolute atomic E-state index is 11.8. The first-order valence-corrected chi connectivity index (χ1v) is 6.94. The molecule has 4 rings (SSSR count). The van der Waals surface area contributed by atoms with Crippen molar-refractivity contribution in [1.29, 1.82) is 0 Å². The highest BCUT2D eigenvalue weighted by molar-refractivity contribution is 6.06. The zero-order valence-electron chi connectivity index (χ0n) is 10.5. The van der Waals surface area contributed by atoms with Gasteiger partial charge in [0.2, 0.25) is 0 Å². The first-order valence-electron chi connectivity index (χ1n) is 6.94. The number of rotatable bonds is 0. The van der Waals surface area contributed by atoms with Crippen molar-refractivity contribution in [3.63, 3.8) is 0 Å². The zero-order chi connectivity index (χ0) is 12.1. The first kappa shape index (κ1) is 10.3. The Balaban J connectivity index is 2.06. The molecule has 0 aliphatic heterocycles. The number of fused-ring (bicyclic) bond motifs is 5. The molecule has 1 heteroatoms. The quantitative estimate of drug-likeness (QED) is 0.679. The number of carbonyl (C=O) groups excluding carboxylic acids is 1. The van der Waals surface area contributed by atoms with E-state index in [0.29, 0.717) is 12.2 Å². The Morgan fingerprint density at radius 1 is 0.722 bits per heavy atom. The fraction of sp³-hybridized carbons (Fsp3) is 0.353. The van der Waals surface area contributed by atoms with Crippen molar-refractivity contribution in [2.45, 2.75) is 38.5 Å². The van der Waals surface area contributed by atoms with Gasteiger partial charge in [-0.2, -0.15) is 0 Å². The van der Waals surface area contributed by atoms with Crippen LogP contribution in [0.1, 0.15) is 46.3 Å². The Morgan fingerprint density at radius 3 is 2.44 bits per heavy atom. The molecule has 90 valence electrons. The molecular formula is C17H16O. The van der Waals surface area contributed by atoms with Gasteiger partial charge in [0.1, 0.15) is 0 Å². The van der Waals surface area contributed by atoms with E-state index in [2.05, 4.69) is 24.3 Å². The molecule has 2 aliphatic carbocycles. The summed E-state index contributed by atoms with van der Waals surface area (Å²) < 4.78 is 0. The van der Waals surface area contributed by atoms with Gasteiger partial charge in [0, 0.05) is 12.0 Å². The Morgan fingerprint density at radius 2 is 1.50 bits per heavy atom. The second kappa shape index (κ2) is 3.68. The molecule has 18 heavy (non-hydrogen) atoms. The van der Waals surface area contributed by atoms with E-state index >= 15 is 0 Å². The molecule has 0 atom stereocenters. The minimum atomic E-state index is 0.324. The molecule has 0 bridgehead atoms. The minimum Gasteiger partial charge on any atom is -0.294 e. The topological polar surface area (TPSA) is 17.1 Å². The summed E-state index contributed by atoms with van der Waals surface area (Å²) in [6.07, 6.45) is 6.70. The van der Waals surface area contributed by atoms with E-state index < -0.39 is 0 Å². The van der Waals surface area contributed by atoms with Gasteiger partial charge in [0.15, 0.2) is 5.78 Å². The summed E-state index contributed by atoms with van der Waals surface area (Å²) in [7, 11) is 0. The van der Waals surface area contributed by atoms with E-state index in [-0.39, 0.29) is 0 Å². The number of aryl methyl sites for hydroxylation is 3. The zero-order valence-corrected chi connectivity index (χ0v) is 10.5. The van der Waals surface area contributed by atoms with Gasteiger partial charge < -0.3 is 0 Å². The van der Waals surface area contributed by atoms with E-state index in [9.17, 15) is 4.79 Å². The van der Waals surface area contributed by atoms with Crippen molar-refractivity contribution in [3.8, 4) is 0 Å². The lowest BCUT2D eigenvalue weighted by molar-refractivity contribution is 0.0994. The van der Waals surface area contributed by atoms with E-state index in [4.69, 9.17) is 0 Å². The number of benzene rings is 2. The molecule has 0 spiro atoms. The summed E-state index contributed by atoms with van der Waals surface area (Å²) in [5, 5.41) is 2.74. The summed E-state index contributed by atoms with van der Waals surface area (Å²) >= 11 is 0. The fourth-order valence-corrected chi connectivity index (χ4v) is 3.63. The van der Waals surface area contributed by atoms with E-state index in [1.807, 2.05) is 0 Å². The third-order valence-corrected chi connectivity index (χ3v) is 4.55. The summed E-state index contributed by atoms with van der Waals surface area (Å²) in [6.45, 7) is 0. The molecule has 1 nitrogen and oxygen atoms in total. The van der Waals surface area contributed by atoms with Crippen LogP contribution in [0.25, 0.3) is 10.8 Å². The Kier molecular flexibility index (Phi) is 2.11. The fourth-order valence-electron chi connectivity index (χ4n) is 3.63. The molecule has 0 saturated heterocycles. The molecule has 0 radical (unpaired) electrons. The van der Waals surface area contributed by atoms with Gasteiger partial charge in [-0.25, -0.2) is 0 Å². The second-order valence-electron chi connectivity index (χ2n) is 5.52. The van der Waals surface area contributed by atoms with Gasteiger partial charge in [-0.1, -0.05) is 24.3 Å². The largest absolute Gasteiger partial charge is 0.294 e. The SMILES string of the molecule is O=C1CCc2c1ccc1c3c(ccc21)CCCC3. The lowest BCUT2D eigenvalue weighted by Gasteiger charge is -2.19. The molecule has 2 aromatic rings. The van der Waals surface area contributed by atoms with Crippen LogP contribution in [0.2, 0.25) is 0 Å². The molecule has 0 amide bonds. The molecule has 2 aromatic carbocycles. The van der Waals surface area contributed by atoms with Gasteiger partial charge in [-0.3, -0.25) is 4.79 Å². The predicted molar refractivity (Wildman–Crippen MR) is 73.2 cm³/mol. The molecule has 2 aliphatic rings. The highest BCUT2D eigenvalue weighted by atomic mass is 16.1. The Bertz CT molecular complexity index is 667. The highest BCUT2D eigenvalue weighted by Crippen LogP contribution is 2.35. The van der Waals surface area contributed by atoms with E-state index in [1.54, 1.807) is 5.56 Å². The van der Waals surface area contributed by atoms with Crippen LogP contribution in [-0.4, -0.2) is 5.78 Å². The molecule has 0 saturated carbocycles. The summed E-state index contributed by atoms with van der Waals surface area (Å²) in [6, 6.07) is 8.78. The van der Waals surface area contributed by atoms with Crippen LogP contribution in [0.5, 0.6) is 0 Å². The van der Waals surface area contributed by atoms with Crippen molar-refractivity contribution in [2.75, 3.05) is 0 Å². The summed E-state index contributed by atoms with van der Waals surface area (Å²) in [5.41, 5.74) is 5.34. The number of ketones is 1. The van der Waals surface area contributed by atoms with Gasteiger partial charge in [0.05, 0.1) is 0 Å². The number of Topliss-reactive ketones (excluding diaryl/α,β-unsaturated/α-hetero) is 1. The number of carbonyl (C=O) groups is 1. The van der Waals surface area contributed by atoms with E-state index in [1.165, 1.54) is 47.6 Å². The van der Waals surface area contributed by atoms with Crippen molar-refractivity contribution in [1.82, 2.24) is 0 Å². The monoisotopic (exact) mass is 236 g/mol. The lowest BCUT2D eigenvalue weighted by atomic mass is 9.86. The van der Waals surface area contributed by atoms with Gasteiger partial charge >= 0.3 is 0 Å². The van der Waals surface area contributed by atoms with Crippen molar-refractivity contribution >= 4 is 16.6 Å². The standard InChI is InChI=1S/C17H16O/c18-17-10-9-15-14-6-5-11-3-1-2-4-12(11)13(14)7-8-16(15)17/h5-8H,1-4,9-10H2. The van der Waals surface area contributed by atoms with Crippen LogP contribution < -0.4 is 0 Å². The molecule has 0 N–H and O–H groups in total. The first-order chi connectivity index (χ1) is 8.84. The summed E-state index contributed by atoms with van der Waals surface area (Å²) in [5.74, 6) is 0.324. The Labute approximate surface area is 107 Å². The van der Waals surface area contributed by atoms with Crippen LogP contribution in [0, 0.1) is 0 Å². The van der Waals surface area contributed by atoms with Gasteiger partial charge in [-0.05, 0) is 59.6 Å². The molecule has 0 heterocycles. The van der Waals surface area contributed by atoms with Crippen LogP contribution >= 0.6 is 0 Å². The Hall–Kier alpha value is -1.63. The normalized spacial score (nSPS) is 17.9. The second-order valence-corrected chi connectivity index (χ2v) is 5.52. The van der Waals surface area contributed by atoms with Crippen molar-refractivity contribution in [2.24, 2.45) is 0 Å². The third-order valence-electron chi connectivity index (χ3n) is 4.55. The summed E-state index contributed by atoms with van der Waals surface area (Å²) in [4.78, 5) is 11.8. The average Bonchev–Trinajstić information content (AvgIpc) is 2.80. The van der Waals surface area contributed by atoms with E-state index in [0.717, 1.165) is 12.0 Å². The van der Waals surface area contributed by atoms with Crippen LogP contribution in [-0.2, 0) is 19.3 Å². The van der Waals surface area contributed by atoms with Gasteiger partial charge in [0.25, 0.3) is 0 Å². The molecule has 0 aromatic heterocycles. The average molecular weight is 236 g/mol. The highest BCUT2D eigenvalue weighted by Gasteiger charge is 2.22. The van der Waals surface area contributed by atoms with Crippen molar-refractivity contribution in [3.05, 3.63) is 46.5 Å². The minimum absolute atomic E-state index is 0.324. The van der Waals surface area contributed by atoms with Gasteiger partial charge in [-0.15, -0.1) is 0 Å². The third kappa shape index (κ3) is 1.30. The maximum Gasteiger partial charge on any atom is 0.163 e. The van der Waals surface area contributed by atoms with Crippen LogP contribution in [0.4, 0.5) is 0 Å². The predicted octanol–water partition coefficient (Wildman–Crippen LogP) is 3.85. The smallest absolute Gasteiger partial charge is 0.163 e. The number of hydrogen-bond acceptors (Lipinski definition) is 1. The maximum atomic E-state index is 11.8. The molecular weight excluding hydrogens is 220 g/mol. The molecule has 0 fully saturated rings. The lowest BCUT2D eigenvalue weighted by Crippen LogP contribution is -2.04. The van der Waals surface area contributed by atoms with Crippen LogP contribution in [0.15, 0.2) is 24.3 Å². The number of hydrogen-bond donors (Lipinski definition) is 0.